The number of para-hydroxylation sites is 1. The van der Waals surface area contributed by atoms with E-state index < -0.39 is 5.25 Å². The molecule has 2 amide bonds. The zero-order chi connectivity index (χ0) is 18.2. The maximum Gasteiger partial charge on any atom is 0.238 e. The number of carbonyl (C=O) groups is 2. The van der Waals surface area contributed by atoms with Crippen molar-refractivity contribution in [1.82, 2.24) is 10.5 Å². The molecule has 0 radical (unpaired) electrons. The number of benzene rings is 1. The summed E-state index contributed by atoms with van der Waals surface area (Å²) in [6.07, 6.45) is 0. The molecule has 0 aliphatic rings. The number of methoxy groups -OCH3 is 1. The predicted molar refractivity (Wildman–Crippen MR) is 96.6 cm³/mol. The molecular weight excluding hydrogens is 342 g/mol. The maximum absolute atomic E-state index is 12.0. The summed E-state index contributed by atoms with van der Waals surface area (Å²) in [4.78, 5) is 24.0. The highest BCUT2D eigenvalue weighted by Gasteiger charge is 2.17. The molecule has 0 fully saturated rings. The zero-order valence-corrected chi connectivity index (χ0v) is 15.2. The van der Waals surface area contributed by atoms with Crippen LogP contribution in [0.4, 0.5) is 5.82 Å². The molecule has 134 valence electrons. The number of carbonyl (C=O) groups excluding carboxylic acids is 2. The number of thioether (sulfide) groups is 1. The third-order valence-corrected chi connectivity index (χ3v) is 4.52. The number of hydrogen-bond donors (Lipinski definition) is 2. The molecule has 8 heteroatoms. The van der Waals surface area contributed by atoms with Gasteiger partial charge in [-0.2, -0.15) is 0 Å². The van der Waals surface area contributed by atoms with Crippen LogP contribution in [-0.4, -0.2) is 35.1 Å². The third kappa shape index (κ3) is 5.82. The van der Waals surface area contributed by atoms with Crippen LogP contribution in [0.3, 0.4) is 0 Å². The smallest absolute Gasteiger partial charge is 0.238 e. The van der Waals surface area contributed by atoms with E-state index in [0.29, 0.717) is 18.1 Å². The van der Waals surface area contributed by atoms with E-state index in [1.165, 1.54) is 11.8 Å². The molecule has 1 atom stereocenters. The molecule has 25 heavy (non-hydrogen) atoms. The lowest BCUT2D eigenvalue weighted by Gasteiger charge is -2.12. The van der Waals surface area contributed by atoms with E-state index in [0.717, 1.165) is 11.3 Å². The molecule has 2 rings (SSSR count). The number of rotatable bonds is 8. The van der Waals surface area contributed by atoms with Crippen molar-refractivity contribution in [3.63, 3.8) is 0 Å². The fourth-order valence-corrected chi connectivity index (χ4v) is 2.74. The Morgan fingerprint density at radius 1 is 1.36 bits per heavy atom. The second kappa shape index (κ2) is 9.12. The topological polar surface area (TPSA) is 93.5 Å². The number of hydrogen-bond acceptors (Lipinski definition) is 6. The summed E-state index contributed by atoms with van der Waals surface area (Å²) in [6, 6.07) is 9.12. The molecule has 2 N–H and O–H groups in total. The van der Waals surface area contributed by atoms with Crippen LogP contribution in [0, 0.1) is 6.92 Å². The Bertz CT molecular complexity index is 732. The van der Waals surface area contributed by atoms with Gasteiger partial charge in [-0.05, 0) is 19.9 Å². The molecule has 0 saturated heterocycles. The van der Waals surface area contributed by atoms with E-state index in [2.05, 4.69) is 15.8 Å². The summed E-state index contributed by atoms with van der Waals surface area (Å²) in [5, 5.41) is 8.78. The lowest BCUT2D eigenvalue weighted by molar-refractivity contribution is -0.118. The summed E-state index contributed by atoms with van der Waals surface area (Å²) < 4.78 is 10.1. The molecule has 0 aliphatic heterocycles. The van der Waals surface area contributed by atoms with Gasteiger partial charge in [0.25, 0.3) is 0 Å². The second-order valence-corrected chi connectivity index (χ2v) is 6.68. The average molecular weight is 363 g/mol. The van der Waals surface area contributed by atoms with E-state index in [9.17, 15) is 9.59 Å². The van der Waals surface area contributed by atoms with Crippen LogP contribution in [-0.2, 0) is 16.1 Å². The molecule has 0 spiro atoms. The van der Waals surface area contributed by atoms with Crippen molar-refractivity contribution in [2.24, 2.45) is 0 Å². The van der Waals surface area contributed by atoms with Crippen molar-refractivity contribution in [3.8, 4) is 5.75 Å². The minimum atomic E-state index is -0.394. The Kier molecular flexibility index (Phi) is 6.88. The SMILES string of the molecule is COc1ccccc1CNC(=O)CS[C@H](C)C(=O)Nc1cc(C)on1. The van der Waals surface area contributed by atoms with Gasteiger partial charge in [0, 0.05) is 18.2 Å². The molecule has 2 aromatic rings. The van der Waals surface area contributed by atoms with Crippen LogP contribution >= 0.6 is 11.8 Å². The average Bonchev–Trinajstić information content (AvgIpc) is 3.02. The number of aryl methyl sites for hydroxylation is 1. The maximum atomic E-state index is 12.0. The number of anilines is 1. The zero-order valence-electron chi connectivity index (χ0n) is 14.4. The highest BCUT2D eigenvalue weighted by atomic mass is 32.2. The lowest BCUT2D eigenvalue weighted by atomic mass is 10.2. The standard InChI is InChI=1S/C17H21N3O4S/c1-11-8-15(20-24-11)19-17(22)12(2)25-10-16(21)18-9-13-6-4-5-7-14(13)23-3/h4-8,12H,9-10H2,1-3H3,(H,18,21)(H,19,20,22)/t12-/m1/s1. The number of aromatic nitrogens is 1. The molecule has 0 unspecified atom stereocenters. The van der Waals surface area contributed by atoms with Crippen molar-refractivity contribution in [2.75, 3.05) is 18.2 Å². The summed E-state index contributed by atoms with van der Waals surface area (Å²) >= 11 is 1.25. The largest absolute Gasteiger partial charge is 0.496 e. The van der Waals surface area contributed by atoms with Gasteiger partial charge < -0.3 is 19.9 Å². The Balaban J connectivity index is 1.74. The number of amides is 2. The quantitative estimate of drug-likeness (QED) is 0.748. The van der Waals surface area contributed by atoms with Gasteiger partial charge in [-0.3, -0.25) is 9.59 Å². The van der Waals surface area contributed by atoms with E-state index in [1.807, 2.05) is 24.3 Å². The van der Waals surface area contributed by atoms with Crippen LogP contribution in [0.15, 0.2) is 34.9 Å². The van der Waals surface area contributed by atoms with Gasteiger partial charge in [0.1, 0.15) is 11.5 Å². The van der Waals surface area contributed by atoms with Gasteiger partial charge in [-0.25, -0.2) is 0 Å². The Morgan fingerprint density at radius 3 is 2.80 bits per heavy atom. The van der Waals surface area contributed by atoms with Gasteiger partial charge in [0.15, 0.2) is 5.82 Å². The molecule has 0 bridgehead atoms. The molecule has 7 nitrogen and oxygen atoms in total. The molecule has 0 aliphatic carbocycles. The Morgan fingerprint density at radius 2 is 2.12 bits per heavy atom. The monoisotopic (exact) mass is 363 g/mol. The third-order valence-electron chi connectivity index (χ3n) is 3.38. The minimum absolute atomic E-state index is 0.146. The first-order valence-electron chi connectivity index (χ1n) is 7.74. The van der Waals surface area contributed by atoms with Gasteiger partial charge in [-0.15, -0.1) is 11.8 Å². The summed E-state index contributed by atoms with van der Waals surface area (Å²) in [7, 11) is 1.59. The van der Waals surface area contributed by atoms with Gasteiger partial charge in [-0.1, -0.05) is 23.4 Å². The van der Waals surface area contributed by atoms with Crippen LogP contribution in [0.5, 0.6) is 5.75 Å². The van der Waals surface area contributed by atoms with E-state index in [-0.39, 0.29) is 17.6 Å². The van der Waals surface area contributed by atoms with Crippen molar-refractivity contribution in [3.05, 3.63) is 41.7 Å². The van der Waals surface area contributed by atoms with Crippen LogP contribution in [0.1, 0.15) is 18.2 Å². The lowest BCUT2D eigenvalue weighted by Crippen LogP contribution is -2.28. The van der Waals surface area contributed by atoms with E-state index in [4.69, 9.17) is 9.26 Å². The summed E-state index contributed by atoms with van der Waals surface area (Å²) in [6.45, 7) is 3.86. The molecular formula is C17H21N3O4S. The molecule has 1 aromatic heterocycles. The normalized spacial score (nSPS) is 11.6. The number of ether oxygens (including phenoxy) is 1. The van der Waals surface area contributed by atoms with Crippen LogP contribution in [0.25, 0.3) is 0 Å². The van der Waals surface area contributed by atoms with E-state index >= 15 is 0 Å². The second-order valence-electron chi connectivity index (χ2n) is 5.35. The van der Waals surface area contributed by atoms with Gasteiger partial charge in [0.05, 0.1) is 18.1 Å². The minimum Gasteiger partial charge on any atom is -0.496 e. The fraction of sp³-hybridized carbons (Fsp3) is 0.353. The van der Waals surface area contributed by atoms with Crippen LogP contribution in [0.2, 0.25) is 0 Å². The first-order chi connectivity index (χ1) is 12.0. The first-order valence-corrected chi connectivity index (χ1v) is 8.79. The van der Waals surface area contributed by atoms with Gasteiger partial charge in [0.2, 0.25) is 11.8 Å². The van der Waals surface area contributed by atoms with E-state index in [1.54, 1.807) is 27.0 Å². The highest BCUT2D eigenvalue weighted by molar-refractivity contribution is 8.01. The Hall–Kier alpha value is -2.48. The molecule has 1 heterocycles. The summed E-state index contributed by atoms with van der Waals surface area (Å²) in [5.41, 5.74) is 0.899. The van der Waals surface area contributed by atoms with Crippen LogP contribution < -0.4 is 15.4 Å². The molecule has 1 aromatic carbocycles. The predicted octanol–water partition coefficient (Wildman–Crippen LogP) is 2.37. The highest BCUT2D eigenvalue weighted by Crippen LogP contribution is 2.17. The fourth-order valence-electron chi connectivity index (χ4n) is 2.02. The van der Waals surface area contributed by atoms with Crippen molar-refractivity contribution in [1.29, 1.82) is 0 Å². The number of nitrogens with one attached hydrogen (secondary N) is 2. The molecule has 0 saturated carbocycles. The van der Waals surface area contributed by atoms with Crippen molar-refractivity contribution in [2.45, 2.75) is 25.6 Å². The van der Waals surface area contributed by atoms with Crippen molar-refractivity contribution >= 4 is 29.4 Å². The summed E-state index contributed by atoms with van der Waals surface area (Å²) in [5.74, 6) is 1.53. The first kappa shape index (κ1) is 18.9. The van der Waals surface area contributed by atoms with Gasteiger partial charge >= 0.3 is 0 Å². The Labute approximate surface area is 150 Å². The van der Waals surface area contributed by atoms with Crippen molar-refractivity contribution < 1.29 is 18.8 Å². The number of nitrogens with zero attached hydrogens (tertiary/aromatic N) is 1.